The van der Waals surface area contributed by atoms with Crippen LogP contribution in [0, 0.1) is 11.6 Å². The van der Waals surface area contributed by atoms with Crippen LogP contribution in [0.15, 0.2) is 48.5 Å². The molecule has 0 spiro atoms. The molecule has 0 saturated carbocycles. The molecule has 7 heteroatoms. The Bertz CT molecular complexity index is 1100. The number of carbonyl (C=O) groups excluding carboxylic acids is 1. The molecule has 1 saturated heterocycles. The van der Waals surface area contributed by atoms with Crippen molar-refractivity contribution >= 4 is 5.91 Å². The van der Waals surface area contributed by atoms with Gasteiger partial charge in [0.2, 0.25) is 0 Å². The van der Waals surface area contributed by atoms with Gasteiger partial charge in [0, 0.05) is 61.9 Å². The molecule has 160 valence electrons. The molecule has 0 bridgehead atoms. The number of rotatable bonds is 4. The van der Waals surface area contributed by atoms with Crippen LogP contribution in [0.4, 0.5) is 8.78 Å². The van der Waals surface area contributed by atoms with Crippen molar-refractivity contribution in [1.29, 1.82) is 0 Å². The molecule has 1 amide bonds. The van der Waals surface area contributed by atoms with Crippen molar-refractivity contribution in [2.24, 2.45) is 0 Å². The van der Waals surface area contributed by atoms with E-state index in [9.17, 15) is 13.6 Å². The standard InChI is InChI=1S/C24H24F2N4O/c25-20-7-6-17(12-21(20)26)24(31)30-11-8-18(14-30)23-19-15-29(10-9-22(19)27-28-23)13-16-4-2-1-3-5-16/h1-7,12,18H,8-11,13-15H2,(H,27,28). The molecule has 2 aliphatic heterocycles. The largest absolute Gasteiger partial charge is 0.338 e. The van der Waals surface area contributed by atoms with Gasteiger partial charge in [-0.15, -0.1) is 0 Å². The molecule has 1 N–H and O–H groups in total. The second kappa shape index (κ2) is 8.23. The molecule has 2 aliphatic rings. The normalized spacial score (nSPS) is 18.9. The quantitative estimate of drug-likeness (QED) is 0.694. The summed E-state index contributed by atoms with van der Waals surface area (Å²) in [5.74, 6) is -2.07. The predicted molar refractivity (Wildman–Crippen MR) is 112 cm³/mol. The number of benzene rings is 2. The molecular weight excluding hydrogens is 398 g/mol. The summed E-state index contributed by atoms with van der Waals surface area (Å²) in [6, 6.07) is 13.8. The summed E-state index contributed by atoms with van der Waals surface area (Å²) in [6.07, 6.45) is 1.74. The molecule has 3 aromatic rings. The van der Waals surface area contributed by atoms with Gasteiger partial charge in [0.1, 0.15) is 0 Å². The lowest BCUT2D eigenvalue weighted by Crippen LogP contribution is -2.31. The van der Waals surface area contributed by atoms with E-state index >= 15 is 0 Å². The number of hydrogen-bond acceptors (Lipinski definition) is 3. The number of nitrogens with one attached hydrogen (secondary N) is 1. The maximum Gasteiger partial charge on any atom is 0.253 e. The molecule has 2 aromatic carbocycles. The summed E-state index contributed by atoms with van der Waals surface area (Å²) in [5, 5.41) is 7.82. The zero-order valence-corrected chi connectivity index (χ0v) is 17.2. The highest BCUT2D eigenvalue weighted by atomic mass is 19.2. The van der Waals surface area contributed by atoms with E-state index in [4.69, 9.17) is 0 Å². The van der Waals surface area contributed by atoms with Crippen molar-refractivity contribution in [2.75, 3.05) is 19.6 Å². The lowest BCUT2D eigenvalue weighted by atomic mass is 9.96. The average molecular weight is 422 g/mol. The number of fused-ring (bicyclic) bond motifs is 1. The molecule has 5 rings (SSSR count). The highest BCUT2D eigenvalue weighted by Gasteiger charge is 2.33. The number of carbonyl (C=O) groups is 1. The molecule has 1 unspecified atom stereocenters. The van der Waals surface area contributed by atoms with Gasteiger partial charge in [0.25, 0.3) is 5.91 Å². The van der Waals surface area contributed by atoms with Gasteiger partial charge in [0.05, 0.1) is 5.69 Å². The number of halogens is 2. The Morgan fingerprint density at radius 1 is 1.10 bits per heavy atom. The first-order chi connectivity index (χ1) is 15.1. The number of aromatic amines is 1. The van der Waals surface area contributed by atoms with Crippen molar-refractivity contribution in [3.63, 3.8) is 0 Å². The SMILES string of the molecule is O=C(c1ccc(F)c(F)c1)N1CCC(c2n[nH]c3c2CN(Cc2ccccc2)CC3)C1. The number of likely N-dealkylation sites (tertiary alicyclic amines) is 1. The van der Waals surface area contributed by atoms with Gasteiger partial charge in [-0.2, -0.15) is 5.10 Å². The molecule has 3 heterocycles. The van der Waals surface area contributed by atoms with E-state index in [0.717, 1.165) is 50.3 Å². The number of amides is 1. The van der Waals surface area contributed by atoms with Gasteiger partial charge in [-0.25, -0.2) is 8.78 Å². The third-order valence-corrected chi connectivity index (χ3v) is 6.32. The minimum atomic E-state index is -0.999. The van der Waals surface area contributed by atoms with Crippen LogP contribution in [0.3, 0.4) is 0 Å². The van der Waals surface area contributed by atoms with E-state index < -0.39 is 11.6 Å². The van der Waals surface area contributed by atoms with E-state index in [0.29, 0.717) is 13.1 Å². The molecule has 1 fully saturated rings. The fourth-order valence-electron chi connectivity index (χ4n) is 4.67. The van der Waals surface area contributed by atoms with Crippen molar-refractivity contribution in [2.45, 2.75) is 31.8 Å². The average Bonchev–Trinajstić information content (AvgIpc) is 3.43. The highest BCUT2D eigenvalue weighted by Crippen LogP contribution is 2.33. The summed E-state index contributed by atoms with van der Waals surface area (Å²) < 4.78 is 26.7. The Hall–Kier alpha value is -3.06. The van der Waals surface area contributed by atoms with Crippen molar-refractivity contribution in [1.82, 2.24) is 20.0 Å². The summed E-state index contributed by atoms with van der Waals surface area (Å²) >= 11 is 0. The maximum atomic E-state index is 13.5. The van der Waals surface area contributed by atoms with Gasteiger partial charge < -0.3 is 4.90 Å². The lowest BCUT2D eigenvalue weighted by Gasteiger charge is -2.27. The van der Waals surface area contributed by atoms with Gasteiger partial charge in [-0.1, -0.05) is 30.3 Å². The zero-order valence-electron chi connectivity index (χ0n) is 17.2. The maximum absolute atomic E-state index is 13.5. The van der Waals surface area contributed by atoms with E-state index in [1.165, 1.54) is 22.9 Å². The summed E-state index contributed by atoms with van der Waals surface area (Å²) in [4.78, 5) is 16.9. The fraction of sp³-hybridized carbons (Fsp3) is 0.333. The molecule has 0 aliphatic carbocycles. The molecule has 31 heavy (non-hydrogen) atoms. The summed E-state index contributed by atoms with van der Waals surface area (Å²) in [6.45, 7) is 3.83. The fourth-order valence-corrected chi connectivity index (χ4v) is 4.67. The Morgan fingerprint density at radius 3 is 2.74 bits per heavy atom. The van der Waals surface area contributed by atoms with Crippen LogP contribution < -0.4 is 0 Å². The highest BCUT2D eigenvalue weighted by molar-refractivity contribution is 5.94. The van der Waals surface area contributed by atoms with Gasteiger partial charge in [0.15, 0.2) is 11.6 Å². The molecule has 1 atom stereocenters. The van der Waals surface area contributed by atoms with E-state index in [2.05, 4.69) is 39.4 Å². The Kier molecular flexibility index (Phi) is 5.28. The molecule has 1 aromatic heterocycles. The predicted octanol–water partition coefficient (Wildman–Crippen LogP) is 3.88. The van der Waals surface area contributed by atoms with Gasteiger partial charge in [-0.3, -0.25) is 14.8 Å². The van der Waals surface area contributed by atoms with Crippen LogP contribution >= 0.6 is 0 Å². The second-order valence-corrected chi connectivity index (χ2v) is 8.38. The first kappa shape index (κ1) is 19.9. The van der Waals surface area contributed by atoms with Gasteiger partial charge >= 0.3 is 0 Å². The summed E-state index contributed by atoms with van der Waals surface area (Å²) in [7, 11) is 0. The zero-order chi connectivity index (χ0) is 21.4. The summed E-state index contributed by atoms with van der Waals surface area (Å²) in [5.41, 5.74) is 4.94. The number of H-pyrrole nitrogens is 1. The first-order valence-electron chi connectivity index (χ1n) is 10.6. The topological polar surface area (TPSA) is 52.2 Å². The number of hydrogen-bond donors (Lipinski definition) is 1. The minimum Gasteiger partial charge on any atom is -0.338 e. The Morgan fingerprint density at radius 2 is 1.94 bits per heavy atom. The number of aromatic nitrogens is 2. The lowest BCUT2D eigenvalue weighted by molar-refractivity contribution is 0.0790. The smallest absolute Gasteiger partial charge is 0.253 e. The van der Waals surface area contributed by atoms with Crippen LogP contribution in [0.25, 0.3) is 0 Å². The third-order valence-electron chi connectivity index (χ3n) is 6.32. The van der Waals surface area contributed by atoms with Crippen LogP contribution in [0.2, 0.25) is 0 Å². The number of nitrogens with zero attached hydrogens (tertiary/aromatic N) is 3. The molecular formula is C24H24F2N4O. The van der Waals surface area contributed by atoms with Crippen LogP contribution in [0.1, 0.15) is 45.2 Å². The second-order valence-electron chi connectivity index (χ2n) is 8.38. The van der Waals surface area contributed by atoms with Crippen LogP contribution in [0.5, 0.6) is 0 Å². The van der Waals surface area contributed by atoms with Crippen LogP contribution in [-0.2, 0) is 19.5 Å². The van der Waals surface area contributed by atoms with E-state index in [1.807, 2.05) is 6.07 Å². The monoisotopic (exact) mass is 422 g/mol. The molecule has 0 radical (unpaired) electrons. The Balaban J connectivity index is 1.29. The third kappa shape index (κ3) is 3.97. The van der Waals surface area contributed by atoms with E-state index in [1.54, 1.807) is 4.90 Å². The van der Waals surface area contributed by atoms with E-state index in [-0.39, 0.29) is 17.4 Å². The minimum absolute atomic E-state index is 0.144. The van der Waals surface area contributed by atoms with Gasteiger partial charge in [-0.05, 0) is 30.2 Å². The van der Waals surface area contributed by atoms with Crippen molar-refractivity contribution < 1.29 is 13.6 Å². The van der Waals surface area contributed by atoms with Crippen molar-refractivity contribution in [3.8, 4) is 0 Å². The first-order valence-corrected chi connectivity index (χ1v) is 10.6. The van der Waals surface area contributed by atoms with Crippen LogP contribution in [-0.4, -0.2) is 45.5 Å². The Labute approximate surface area is 179 Å². The molecule has 5 nitrogen and oxygen atoms in total. The van der Waals surface area contributed by atoms with Crippen molar-refractivity contribution in [3.05, 3.63) is 88.2 Å².